The molecule has 2 amide bonds. The zero-order chi connectivity index (χ0) is 20.2. The van der Waals surface area contributed by atoms with Gasteiger partial charge < -0.3 is 11.1 Å². The van der Waals surface area contributed by atoms with Crippen molar-refractivity contribution in [2.45, 2.75) is 70.9 Å². The monoisotopic (exact) mass is 386 g/mol. The molecule has 2 aromatic rings. The van der Waals surface area contributed by atoms with Gasteiger partial charge >= 0.3 is 0 Å². The van der Waals surface area contributed by atoms with Crippen LogP contribution in [0.3, 0.4) is 0 Å². The Morgan fingerprint density at radius 2 is 1.89 bits per heavy atom. The van der Waals surface area contributed by atoms with Gasteiger partial charge in [0, 0.05) is 6.42 Å². The summed E-state index contributed by atoms with van der Waals surface area (Å²) >= 11 is 0. The number of hydrogen-bond donors (Lipinski definition) is 2. The summed E-state index contributed by atoms with van der Waals surface area (Å²) in [5.74, 6) is -0.330. The molecule has 0 aliphatic heterocycles. The first-order valence-electron chi connectivity index (χ1n) is 9.97. The molecule has 0 saturated carbocycles. The van der Waals surface area contributed by atoms with Crippen LogP contribution in [-0.2, 0) is 22.6 Å². The number of primary amides is 1. The molecule has 152 valence electrons. The first-order chi connectivity index (χ1) is 13.6. The van der Waals surface area contributed by atoms with Gasteiger partial charge in [0.1, 0.15) is 6.04 Å². The first-order valence-corrected chi connectivity index (χ1v) is 9.97. The zero-order valence-corrected chi connectivity index (χ0v) is 16.5. The van der Waals surface area contributed by atoms with Crippen molar-refractivity contribution in [1.29, 1.82) is 0 Å². The molecule has 0 saturated heterocycles. The normalized spacial score (nSPS) is 11.9. The van der Waals surface area contributed by atoms with E-state index in [1.165, 1.54) is 23.2 Å². The molecule has 0 aliphatic rings. The lowest BCUT2D eigenvalue weighted by molar-refractivity contribution is -0.122. The van der Waals surface area contributed by atoms with Crippen molar-refractivity contribution < 1.29 is 9.59 Å². The van der Waals surface area contributed by atoms with Gasteiger partial charge in [-0.15, -0.1) is 10.2 Å². The van der Waals surface area contributed by atoms with Crippen LogP contribution >= 0.6 is 0 Å². The molecule has 1 heterocycles. The number of tetrazole rings is 1. The van der Waals surface area contributed by atoms with Crippen molar-refractivity contribution in [2.24, 2.45) is 5.73 Å². The molecule has 8 nitrogen and oxygen atoms in total. The summed E-state index contributed by atoms with van der Waals surface area (Å²) in [6.45, 7) is 2.72. The topological polar surface area (TPSA) is 116 Å². The van der Waals surface area contributed by atoms with Crippen LogP contribution in [0.25, 0.3) is 0 Å². The number of benzene rings is 1. The van der Waals surface area contributed by atoms with Crippen molar-refractivity contribution in [3.63, 3.8) is 0 Å². The fourth-order valence-corrected chi connectivity index (χ4v) is 2.93. The van der Waals surface area contributed by atoms with E-state index in [1.807, 2.05) is 30.3 Å². The Kier molecular flexibility index (Phi) is 9.10. The molecule has 0 radical (unpaired) electrons. The van der Waals surface area contributed by atoms with Gasteiger partial charge in [-0.3, -0.25) is 9.59 Å². The number of carbonyl (C=O) groups is 2. The van der Waals surface area contributed by atoms with E-state index >= 15 is 0 Å². The Hall–Kier alpha value is -2.77. The van der Waals surface area contributed by atoms with Crippen molar-refractivity contribution in [1.82, 2.24) is 25.5 Å². The van der Waals surface area contributed by atoms with Crippen LogP contribution in [0.5, 0.6) is 0 Å². The van der Waals surface area contributed by atoms with Gasteiger partial charge in [-0.1, -0.05) is 62.9 Å². The molecule has 3 N–H and O–H groups in total. The van der Waals surface area contributed by atoms with E-state index in [0.29, 0.717) is 18.8 Å². The lowest BCUT2D eigenvalue weighted by Crippen LogP contribution is -2.32. The largest absolute Gasteiger partial charge is 0.370 e. The van der Waals surface area contributed by atoms with E-state index in [1.54, 1.807) is 0 Å². The minimum Gasteiger partial charge on any atom is -0.370 e. The van der Waals surface area contributed by atoms with E-state index in [-0.39, 0.29) is 12.3 Å². The lowest BCUT2D eigenvalue weighted by atomic mass is 10.1. The summed E-state index contributed by atoms with van der Waals surface area (Å²) in [5, 5.41) is 15.2. The standard InChI is InChI=1S/C20H30N6O2/c1-2-3-4-5-9-12-19(28)22-17(15-18(21)27)20-23-25-26(24-20)14-13-16-10-7-6-8-11-16/h6-8,10-11,17H,2-5,9,12-15H2,1H3,(H2,21,27)(H,22,28). The van der Waals surface area contributed by atoms with Crippen LogP contribution < -0.4 is 11.1 Å². The number of hydrogen-bond acceptors (Lipinski definition) is 5. The average Bonchev–Trinajstić information content (AvgIpc) is 3.15. The molecule has 1 atom stereocenters. The highest BCUT2D eigenvalue weighted by Gasteiger charge is 2.21. The third-order valence-corrected chi connectivity index (χ3v) is 4.47. The van der Waals surface area contributed by atoms with Crippen molar-refractivity contribution >= 4 is 11.8 Å². The van der Waals surface area contributed by atoms with E-state index in [2.05, 4.69) is 27.7 Å². The highest BCUT2D eigenvalue weighted by molar-refractivity contribution is 5.78. The van der Waals surface area contributed by atoms with E-state index in [4.69, 9.17) is 5.73 Å². The van der Waals surface area contributed by atoms with Crippen molar-refractivity contribution in [3.8, 4) is 0 Å². The van der Waals surface area contributed by atoms with Crippen molar-refractivity contribution in [3.05, 3.63) is 41.7 Å². The maximum Gasteiger partial charge on any atom is 0.220 e. The Bertz CT molecular complexity index is 731. The summed E-state index contributed by atoms with van der Waals surface area (Å²) < 4.78 is 0. The number of nitrogens with two attached hydrogens (primary N) is 1. The minimum atomic E-state index is -0.647. The van der Waals surface area contributed by atoms with E-state index < -0.39 is 11.9 Å². The summed E-state index contributed by atoms with van der Waals surface area (Å²) in [5.41, 5.74) is 6.50. The summed E-state index contributed by atoms with van der Waals surface area (Å²) in [4.78, 5) is 25.1. The molecule has 2 rings (SSSR count). The number of rotatable bonds is 13. The fourth-order valence-electron chi connectivity index (χ4n) is 2.93. The number of aryl methyl sites for hydroxylation is 2. The summed E-state index contributed by atoms with van der Waals surface area (Å²) in [6, 6.07) is 9.36. The highest BCUT2D eigenvalue weighted by atomic mass is 16.2. The third kappa shape index (κ3) is 7.85. The van der Waals surface area contributed by atoms with E-state index in [0.717, 1.165) is 25.7 Å². The van der Waals surface area contributed by atoms with Gasteiger partial charge in [0.25, 0.3) is 0 Å². The van der Waals surface area contributed by atoms with Crippen LogP contribution in [0.1, 0.15) is 69.3 Å². The molecule has 0 fully saturated rings. The van der Waals surface area contributed by atoms with Gasteiger partial charge in [-0.2, -0.15) is 4.80 Å². The van der Waals surface area contributed by atoms with Gasteiger partial charge in [0.05, 0.1) is 13.0 Å². The predicted molar refractivity (Wildman–Crippen MR) is 106 cm³/mol. The Labute approximate surface area is 165 Å². The van der Waals surface area contributed by atoms with Crippen LogP contribution in [0.2, 0.25) is 0 Å². The number of nitrogens with one attached hydrogen (secondary N) is 1. The number of unbranched alkanes of at least 4 members (excludes halogenated alkanes) is 4. The molecule has 0 aliphatic carbocycles. The number of amides is 2. The first kappa shape index (κ1) is 21.5. The zero-order valence-electron chi connectivity index (χ0n) is 16.5. The van der Waals surface area contributed by atoms with Crippen molar-refractivity contribution in [2.75, 3.05) is 0 Å². The molecule has 1 unspecified atom stereocenters. The molecule has 0 spiro atoms. The molecule has 1 aromatic heterocycles. The fraction of sp³-hybridized carbons (Fsp3) is 0.550. The smallest absolute Gasteiger partial charge is 0.220 e. The molecule has 1 aromatic carbocycles. The second-order valence-electron chi connectivity index (χ2n) is 6.93. The Balaban J connectivity index is 1.88. The van der Waals surface area contributed by atoms with Gasteiger partial charge in [-0.05, 0) is 23.6 Å². The molecule has 0 bridgehead atoms. The molecule has 8 heteroatoms. The second kappa shape index (κ2) is 11.8. The van der Waals surface area contributed by atoms with Crippen LogP contribution in [0, 0.1) is 0 Å². The third-order valence-electron chi connectivity index (χ3n) is 4.47. The highest BCUT2D eigenvalue weighted by Crippen LogP contribution is 2.13. The lowest BCUT2D eigenvalue weighted by Gasteiger charge is -2.13. The molecule has 28 heavy (non-hydrogen) atoms. The number of aromatic nitrogens is 4. The van der Waals surface area contributed by atoms with Crippen LogP contribution in [0.15, 0.2) is 30.3 Å². The SMILES string of the molecule is CCCCCCCC(=O)NC(CC(N)=O)c1nnn(CCc2ccccc2)n1. The summed E-state index contributed by atoms with van der Waals surface area (Å²) in [7, 11) is 0. The Morgan fingerprint density at radius 3 is 2.61 bits per heavy atom. The Morgan fingerprint density at radius 1 is 1.14 bits per heavy atom. The van der Waals surface area contributed by atoms with Gasteiger partial charge in [-0.25, -0.2) is 0 Å². The summed E-state index contributed by atoms with van der Waals surface area (Å²) in [6.07, 6.45) is 6.46. The second-order valence-corrected chi connectivity index (χ2v) is 6.93. The predicted octanol–water partition coefficient (Wildman–Crippen LogP) is 2.31. The van der Waals surface area contributed by atoms with Gasteiger partial charge in [0.15, 0.2) is 5.82 Å². The minimum absolute atomic E-state index is 0.0496. The maximum atomic E-state index is 12.2. The molecular formula is C20H30N6O2. The number of nitrogens with zero attached hydrogens (tertiary/aromatic N) is 4. The molecular weight excluding hydrogens is 356 g/mol. The maximum absolute atomic E-state index is 12.2. The van der Waals surface area contributed by atoms with E-state index in [9.17, 15) is 9.59 Å². The average molecular weight is 387 g/mol. The van der Waals surface area contributed by atoms with Crippen LogP contribution in [0.4, 0.5) is 0 Å². The van der Waals surface area contributed by atoms with Gasteiger partial charge in [0.2, 0.25) is 11.8 Å². The quantitative estimate of drug-likeness (QED) is 0.513. The van der Waals surface area contributed by atoms with Crippen LogP contribution in [-0.4, -0.2) is 32.0 Å². The number of carbonyl (C=O) groups excluding carboxylic acids is 2.